The second-order valence-electron chi connectivity index (χ2n) is 4.61. The van der Waals surface area contributed by atoms with Crippen molar-refractivity contribution in [2.45, 2.75) is 51.4 Å². The molecular formula is C10H18FNO2. The summed E-state index contributed by atoms with van der Waals surface area (Å²) in [4.78, 5) is 11.4. The molecule has 0 aromatic carbocycles. The van der Waals surface area contributed by atoms with E-state index in [9.17, 15) is 9.18 Å². The van der Waals surface area contributed by atoms with Crippen molar-refractivity contribution >= 4 is 5.91 Å². The molecule has 2 atom stereocenters. The number of nitrogens with one attached hydrogen (secondary N) is 1. The van der Waals surface area contributed by atoms with Gasteiger partial charge in [-0.2, -0.15) is 0 Å². The number of carbonyl (C=O) groups excluding carboxylic acids is 1. The van der Waals surface area contributed by atoms with E-state index in [-0.39, 0.29) is 6.10 Å². The van der Waals surface area contributed by atoms with Gasteiger partial charge < -0.3 is 10.1 Å². The molecule has 0 radical (unpaired) electrons. The maximum absolute atomic E-state index is 13.3. The molecule has 82 valence electrons. The number of rotatable bonds is 2. The molecule has 1 heterocycles. The number of ether oxygens (including phenoxy) is 1. The molecule has 0 spiro atoms. The van der Waals surface area contributed by atoms with E-state index in [1.165, 1.54) is 13.8 Å². The zero-order valence-corrected chi connectivity index (χ0v) is 9.19. The lowest BCUT2D eigenvalue weighted by molar-refractivity contribution is -0.133. The molecule has 14 heavy (non-hydrogen) atoms. The first kappa shape index (κ1) is 11.4. The third-order valence-electron chi connectivity index (χ3n) is 2.83. The standard InChI is InChI=1S/C10H18FNO2/c1-7-10(4,5-6-14-7)12-8(13)9(2,3)11/h7H,5-6H2,1-4H3,(H,12,13). The number of halogens is 1. The Labute approximate surface area is 84.0 Å². The zero-order valence-electron chi connectivity index (χ0n) is 9.19. The SMILES string of the molecule is CC1OCCC1(C)NC(=O)C(C)(C)F. The van der Waals surface area contributed by atoms with Gasteiger partial charge in [0.1, 0.15) is 0 Å². The normalized spacial score (nSPS) is 33.1. The van der Waals surface area contributed by atoms with Gasteiger partial charge in [-0.15, -0.1) is 0 Å². The Kier molecular flexibility index (Phi) is 2.86. The minimum atomic E-state index is -1.83. The molecule has 0 aromatic rings. The summed E-state index contributed by atoms with van der Waals surface area (Å²) < 4.78 is 18.6. The third kappa shape index (κ3) is 2.23. The fraction of sp³-hybridized carbons (Fsp3) is 0.900. The van der Waals surface area contributed by atoms with Crippen LogP contribution in [0.3, 0.4) is 0 Å². The summed E-state index contributed by atoms with van der Waals surface area (Å²) in [6.07, 6.45) is 0.671. The van der Waals surface area contributed by atoms with Crippen molar-refractivity contribution in [1.29, 1.82) is 0 Å². The van der Waals surface area contributed by atoms with Gasteiger partial charge in [-0.1, -0.05) is 0 Å². The second kappa shape index (κ2) is 3.50. The van der Waals surface area contributed by atoms with Crippen LogP contribution in [0, 0.1) is 0 Å². The maximum atomic E-state index is 13.3. The fourth-order valence-corrected chi connectivity index (χ4v) is 1.41. The van der Waals surface area contributed by atoms with Gasteiger partial charge in [-0.3, -0.25) is 4.79 Å². The smallest absolute Gasteiger partial charge is 0.257 e. The molecule has 1 saturated heterocycles. The highest BCUT2D eigenvalue weighted by Gasteiger charge is 2.41. The van der Waals surface area contributed by atoms with Gasteiger partial charge in [0.05, 0.1) is 11.6 Å². The third-order valence-corrected chi connectivity index (χ3v) is 2.83. The molecule has 1 aliphatic heterocycles. The summed E-state index contributed by atoms with van der Waals surface area (Å²) in [7, 11) is 0. The Balaban J connectivity index is 2.64. The van der Waals surface area contributed by atoms with Gasteiger partial charge in [0.15, 0.2) is 5.67 Å². The number of carbonyl (C=O) groups is 1. The Hall–Kier alpha value is -0.640. The first-order chi connectivity index (χ1) is 6.26. The van der Waals surface area contributed by atoms with Crippen LogP contribution < -0.4 is 5.32 Å². The van der Waals surface area contributed by atoms with Crippen LogP contribution in [0.4, 0.5) is 4.39 Å². The lowest BCUT2D eigenvalue weighted by Crippen LogP contribution is -2.55. The molecule has 3 nitrogen and oxygen atoms in total. The molecule has 1 amide bonds. The highest BCUT2D eigenvalue weighted by atomic mass is 19.1. The van der Waals surface area contributed by atoms with Gasteiger partial charge in [-0.05, 0) is 34.1 Å². The summed E-state index contributed by atoms with van der Waals surface area (Å²) in [5, 5.41) is 2.71. The van der Waals surface area contributed by atoms with Crippen molar-refractivity contribution in [3.8, 4) is 0 Å². The van der Waals surface area contributed by atoms with Crippen LogP contribution >= 0.6 is 0 Å². The summed E-state index contributed by atoms with van der Waals surface area (Å²) in [5.74, 6) is -0.572. The summed E-state index contributed by atoms with van der Waals surface area (Å²) in [6.45, 7) is 6.90. The van der Waals surface area contributed by atoms with E-state index in [1.54, 1.807) is 0 Å². The van der Waals surface area contributed by atoms with Crippen LogP contribution in [-0.4, -0.2) is 29.8 Å². The molecule has 0 aliphatic carbocycles. The largest absolute Gasteiger partial charge is 0.376 e. The maximum Gasteiger partial charge on any atom is 0.257 e. The van der Waals surface area contributed by atoms with Crippen molar-refractivity contribution in [2.24, 2.45) is 0 Å². The number of amides is 1. The lowest BCUT2D eigenvalue weighted by atomic mass is 9.93. The van der Waals surface area contributed by atoms with Crippen LogP contribution in [0.2, 0.25) is 0 Å². The van der Waals surface area contributed by atoms with E-state index in [0.717, 1.165) is 6.42 Å². The predicted octanol–water partition coefficient (Wildman–Crippen LogP) is 1.42. The van der Waals surface area contributed by atoms with Crippen molar-refractivity contribution in [2.75, 3.05) is 6.61 Å². The van der Waals surface area contributed by atoms with E-state index in [4.69, 9.17) is 4.74 Å². The van der Waals surface area contributed by atoms with Gasteiger partial charge >= 0.3 is 0 Å². The topological polar surface area (TPSA) is 38.3 Å². The van der Waals surface area contributed by atoms with Crippen LogP contribution in [0.25, 0.3) is 0 Å². The Morgan fingerprint density at radius 1 is 1.64 bits per heavy atom. The van der Waals surface area contributed by atoms with Crippen LogP contribution in [0.15, 0.2) is 0 Å². The van der Waals surface area contributed by atoms with E-state index < -0.39 is 17.1 Å². The number of alkyl halides is 1. The minimum absolute atomic E-state index is 0.0613. The first-order valence-electron chi connectivity index (χ1n) is 4.89. The molecule has 0 bridgehead atoms. The Morgan fingerprint density at radius 3 is 2.57 bits per heavy atom. The molecule has 4 heteroatoms. The van der Waals surface area contributed by atoms with E-state index >= 15 is 0 Å². The van der Waals surface area contributed by atoms with E-state index in [2.05, 4.69) is 5.32 Å². The quantitative estimate of drug-likeness (QED) is 0.737. The molecule has 0 saturated carbocycles. The van der Waals surface area contributed by atoms with Crippen LogP contribution in [0.1, 0.15) is 34.1 Å². The van der Waals surface area contributed by atoms with Crippen molar-refractivity contribution in [3.05, 3.63) is 0 Å². The Morgan fingerprint density at radius 2 is 2.21 bits per heavy atom. The number of hydrogen-bond donors (Lipinski definition) is 1. The molecular weight excluding hydrogens is 185 g/mol. The van der Waals surface area contributed by atoms with Gasteiger partial charge in [-0.25, -0.2) is 4.39 Å². The number of hydrogen-bond acceptors (Lipinski definition) is 2. The molecule has 1 N–H and O–H groups in total. The first-order valence-corrected chi connectivity index (χ1v) is 4.89. The van der Waals surface area contributed by atoms with Crippen LogP contribution in [0.5, 0.6) is 0 Å². The van der Waals surface area contributed by atoms with Crippen molar-refractivity contribution in [1.82, 2.24) is 5.32 Å². The van der Waals surface area contributed by atoms with Gasteiger partial charge in [0, 0.05) is 6.61 Å². The van der Waals surface area contributed by atoms with Crippen LogP contribution in [-0.2, 0) is 9.53 Å². The molecule has 0 aromatic heterocycles. The van der Waals surface area contributed by atoms with Crippen molar-refractivity contribution < 1.29 is 13.9 Å². The molecule has 1 fully saturated rings. The highest BCUT2D eigenvalue weighted by molar-refractivity contribution is 5.84. The lowest BCUT2D eigenvalue weighted by Gasteiger charge is -2.31. The molecule has 1 rings (SSSR count). The average molecular weight is 203 g/mol. The van der Waals surface area contributed by atoms with E-state index in [0.29, 0.717) is 6.61 Å². The fourth-order valence-electron chi connectivity index (χ4n) is 1.41. The highest BCUT2D eigenvalue weighted by Crippen LogP contribution is 2.26. The monoisotopic (exact) mass is 203 g/mol. The Bertz CT molecular complexity index is 237. The average Bonchev–Trinajstić information content (AvgIpc) is 2.30. The summed E-state index contributed by atoms with van der Waals surface area (Å²) in [6, 6.07) is 0. The van der Waals surface area contributed by atoms with Gasteiger partial charge in [0.2, 0.25) is 0 Å². The predicted molar refractivity (Wildman–Crippen MR) is 51.8 cm³/mol. The summed E-state index contributed by atoms with van der Waals surface area (Å²) in [5.41, 5.74) is -2.26. The summed E-state index contributed by atoms with van der Waals surface area (Å²) >= 11 is 0. The van der Waals surface area contributed by atoms with E-state index in [1.807, 2.05) is 13.8 Å². The van der Waals surface area contributed by atoms with Crippen molar-refractivity contribution in [3.63, 3.8) is 0 Å². The second-order valence-corrected chi connectivity index (χ2v) is 4.61. The minimum Gasteiger partial charge on any atom is -0.376 e. The zero-order chi connectivity index (χ0) is 11.0. The molecule has 1 aliphatic rings. The van der Waals surface area contributed by atoms with Gasteiger partial charge in [0.25, 0.3) is 5.91 Å². The molecule has 2 unspecified atom stereocenters.